The average molecular weight is 477 g/mol. The molecule has 3 aromatic rings. The average Bonchev–Trinajstić information content (AvgIpc) is 3.20. The van der Waals surface area contributed by atoms with Crippen LogP contribution >= 0.6 is 11.8 Å². The Morgan fingerprint density at radius 2 is 1.91 bits per heavy atom. The maximum atomic E-state index is 12.7. The molecule has 1 fully saturated rings. The Morgan fingerprint density at radius 1 is 1.21 bits per heavy atom. The van der Waals surface area contributed by atoms with Gasteiger partial charge in [0.2, 0.25) is 0 Å². The van der Waals surface area contributed by atoms with Crippen LogP contribution in [0.5, 0.6) is 0 Å². The number of benzene rings is 2. The fraction of sp³-hybridized carbons (Fsp3) is 0.269. The number of terminal acetylenes is 1. The molecule has 0 unspecified atom stereocenters. The highest BCUT2D eigenvalue weighted by atomic mass is 32.2. The van der Waals surface area contributed by atoms with Crippen LogP contribution in [0, 0.1) is 26.2 Å². The van der Waals surface area contributed by atoms with E-state index in [0.29, 0.717) is 17.5 Å². The molecule has 34 heavy (non-hydrogen) atoms. The van der Waals surface area contributed by atoms with Gasteiger partial charge in [-0.2, -0.15) is 0 Å². The molecule has 8 heteroatoms. The summed E-state index contributed by atoms with van der Waals surface area (Å²) in [6, 6.07) is 16.6. The van der Waals surface area contributed by atoms with Crippen LogP contribution < -0.4 is 11.2 Å². The summed E-state index contributed by atoms with van der Waals surface area (Å²) in [6.07, 6.45) is 6.91. The lowest BCUT2D eigenvalue weighted by molar-refractivity contribution is -0.0699. The number of aromatic nitrogens is 2. The number of ether oxygens (including phenoxy) is 2. The van der Waals surface area contributed by atoms with Crippen LogP contribution in [0.25, 0.3) is 0 Å². The summed E-state index contributed by atoms with van der Waals surface area (Å²) < 4.78 is 13.1. The first-order valence-electron chi connectivity index (χ1n) is 10.7. The first-order chi connectivity index (χ1) is 16.3. The largest absolute Gasteiger partial charge is 0.458 e. The number of aryl methyl sites for hydroxylation is 2. The number of carbonyl (C=O) groups is 1. The van der Waals surface area contributed by atoms with E-state index < -0.39 is 29.0 Å². The van der Waals surface area contributed by atoms with Crippen molar-refractivity contribution in [1.29, 1.82) is 0 Å². The van der Waals surface area contributed by atoms with Gasteiger partial charge in [-0.3, -0.25) is 14.3 Å². The molecule has 2 aromatic carbocycles. The van der Waals surface area contributed by atoms with E-state index in [1.807, 2.05) is 31.2 Å². The van der Waals surface area contributed by atoms with Gasteiger partial charge in [0.15, 0.2) is 11.8 Å². The van der Waals surface area contributed by atoms with Crippen molar-refractivity contribution < 1.29 is 14.3 Å². The maximum Gasteiger partial charge on any atom is 0.338 e. The molecule has 1 aliphatic heterocycles. The molecule has 2 heterocycles. The molecule has 0 radical (unpaired) electrons. The molecule has 1 aromatic heterocycles. The van der Waals surface area contributed by atoms with Crippen molar-refractivity contribution in [2.24, 2.45) is 0 Å². The van der Waals surface area contributed by atoms with Gasteiger partial charge in [-0.1, -0.05) is 41.8 Å². The van der Waals surface area contributed by atoms with Gasteiger partial charge >= 0.3 is 11.7 Å². The Morgan fingerprint density at radius 3 is 2.59 bits per heavy atom. The first kappa shape index (κ1) is 23.6. The lowest BCUT2D eigenvalue weighted by Gasteiger charge is -2.24. The normalized spacial score (nSPS) is 21.7. The van der Waals surface area contributed by atoms with Crippen molar-refractivity contribution >= 4 is 17.7 Å². The number of hydrogen-bond donors (Lipinski definition) is 1. The van der Waals surface area contributed by atoms with Gasteiger partial charge in [-0.25, -0.2) is 9.59 Å². The SMILES string of the molecule is C#C[C@@]1(COC(=O)c2ccccc2)C[C@@H](Sc2ccc(C)cc2)[C@H](n2cc(C)c(=O)[nH]c2=O)O1. The molecule has 1 aliphatic rings. The van der Waals surface area contributed by atoms with E-state index in [1.54, 1.807) is 37.3 Å². The Hall–Kier alpha value is -3.54. The standard InChI is InChI=1S/C26H24N2O5S/c1-4-26(16-32-24(30)19-8-6-5-7-9-19)14-21(34-20-12-10-17(2)11-13-20)23(33-26)28-15-18(3)22(29)27-25(28)31/h1,5-13,15,21,23H,14,16H2,2-3H3,(H,27,29,31)/t21-,23-,26+/m1/s1. The highest BCUT2D eigenvalue weighted by Crippen LogP contribution is 2.45. The first-order valence-corrected chi connectivity index (χ1v) is 11.6. The van der Waals surface area contributed by atoms with E-state index in [4.69, 9.17) is 15.9 Å². The molecule has 174 valence electrons. The van der Waals surface area contributed by atoms with Crippen LogP contribution in [-0.2, 0) is 9.47 Å². The highest BCUT2D eigenvalue weighted by Gasteiger charge is 2.48. The van der Waals surface area contributed by atoms with E-state index in [9.17, 15) is 14.4 Å². The van der Waals surface area contributed by atoms with E-state index in [0.717, 1.165) is 10.5 Å². The van der Waals surface area contributed by atoms with E-state index >= 15 is 0 Å². The van der Waals surface area contributed by atoms with Crippen molar-refractivity contribution in [1.82, 2.24) is 9.55 Å². The molecule has 0 bridgehead atoms. The minimum atomic E-state index is -1.24. The van der Waals surface area contributed by atoms with Crippen molar-refractivity contribution in [2.75, 3.05) is 6.61 Å². The Balaban J connectivity index is 1.64. The summed E-state index contributed by atoms with van der Waals surface area (Å²) in [5, 5.41) is -0.280. The lowest BCUT2D eigenvalue weighted by Crippen LogP contribution is -2.37. The molecule has 4 rings (SSSR count). The highest BCUT2D eigenvalue weighted by molar-refractivity contribution is 8.00. The van der Waals surface area contributed by atoms with Crippen molar-refractivity contribution in [3.8, 4) is 12.3 Å². The summed E-state index contributed by atoms with van der Waals surface area (Å²) in [6.45, 7) is 3.45. The number of thioether (sulfide) groups is 1. The van der Waals surface area contributed by atoms with Crippen LogP contribution in [0.15, 0.2) is 75.3 Å². The number of carbonyl (C=O) groups excluding carboxylic acids is 1. The third-order valence-electron chi connectivity index (χ3n) is 5.63. The smallest absolute Gasteiger partial charge is 0.338 e. The molecule has 3 atom stereocenters. The zero-order chi connectivity index (χ0) is 24.3. The summed E-state index contributed by atoms with van der Waals surface area (Å²) in [7, 11) is 0. The Kier molecular flexibility index (Phi) is 6.77. The minimum Gasteiger partial charge on any atom is -0.458 e. The summed E-state index contributed by atoms with van der Waals surface area (Å²) >= 11 is 1.52. The molecule has 7 nitrogen and oxygen atoms in total. The minimum absolute atomic E-state index is 0.171. The summed E-state index contributed by atoms with van der Waals surface area (Å²) in [5.41, 5.74) is -0.382. The zero-order valence-corrected chi connectivity index (χ0v) is 19.6. The van der Waals surface area contributed by atoms with E-state index in [2.05, 4.69) is 10.9 Å². The second-order valence-electron chi connectivity index (χ2n) is 8.24. The van der Waals surface area contributed by atoms with Gasteiger partial charge in [-0.15, -0.1) is 18.2 Å². The molecule has 0 spiro atoms. The topological polar surface area (TPSA) is 90.4 Å². The zero-order valence-electron chi connectivity index (χ0n) is 18.8. The lowest BCUT2D eigenvalue weighted by atomic mass is 10.0. The van der Waals surface area contributed by atoms with E-state index in [-0.39, 0.29) is 11.9 Å². The van der Waals surface area contributed by atoms with Crippen molar-refractivity contribution in [2.45, 2.75) is 42.2 Å². The molecule has 0 amide bonds. The Bertz CT molecular complexity index is 1340. The van der Waals surface area contributed by atoms with Crippen LogP contribution in [0.2, 0.25) is 0 Å². The predicted octanol–water partition coefficient (Wildman–Crippen LogP) is 3.46. The molecule has 1 saturated heterocycles. The number of nitrogens with zero attached hydrogens (tertiary/aromatic N) is 1. The number of H-pyrrole nitrogens is 1. The quantitative estimate of drug-likeness (QED) is 0.433. The number of aromatic amines is 1. The summed E-state index contributed by atoms with van der Waals surface area (Å²) in [5.74, 6) is 2.14. The number of nitrogens with one attached hydrogen (secondary N) is 1. The molecule has 0 saturated carbocycles. The third kappa shape index (κ3) is 5.01. The number of hydrogen-bond acceptors (Lipinski definition) is 6. The van der Waals surface area contributed by atoms with Gasteiger partial charge < -0.3 is 9.47 Å². The fourth-order valence-corrected chi connectivity index (χ4v) is 5.05. The van der Waals surface area contributed by atoms with Crippen LogP contribution in [0.1, 0.15) is 34.1 Å². The van der Waals surface area contributed by atoms with Crippen molar-refractivity contribution in [3.63, 3.8) is 0 Å². The third-order valence-corrected chi connectivity index (χ3v) is 6.88. The predicted molar refractivity (Wildman–Crippen MR) is 130 cm³/mol. The molecule has 0 aliphatic carbocycles. The van der Waals surface area contributed by atoms with Gasteiger partial charge in [0.05, 0.1) is 10.8 Å². The van der Waals surface area contributed by atoms with Gasteiger partial charge in [-0.05, 0) is 38.1 Å². The van der Waals surface area contributed by atoms with Crippen LogP contribution in [-0.4, -0.2) is 33.0 Å². The van der Waals surface area contributed by atoms with E-state index in [1.165, 1.54) is 22.5 Å². The van der Waals surface area contributed by atoms with Crippen molar-refractivity contribution in [3.05, 3.63) is 98.3 Å². The molecular weight excluding hydrogens is 452 g/mol. The second kappa shape index (κ2) is 9.75. The maximum absolute atomic E-state index is 12.7. The monoisotopic (exact) mass is 476 g/mol. The van der Waals surface area contributed by atoms with Gasteiger partial charge in [0.25, 0.3) is 5.56 Å². The van der Waals surface area contributed by atoms with Crippen LogP contribution in [0.3, 0.4) is 0 Å². The Labute approximate surface area is 201 Å². The van der Waals surface area contributed by atoms with Crippen LogP contribution in [0.4, 0.5) is 0 Å². The number of esters is 1. The fourth-order valence-electron chi connectivity index (χ4n) is 3.75. The number of rotatable bonds is 6. The summed E-state index contributed by atoms with van der Waals surface area (Å²) in [4.78, 5) is 40.4. The molecular formula is C26H24N2O5S. The van der Waals surface area contributed by atoms with Gasteiger partial charge in [0.1, 0.15) is 6.61 Å². The molecule has 1 N–H and O–H groups in total. The van der Waals surface area contributed by atoms with Gasteiger partial charge in [0, 0.05) is 23.1 Å². The second-order valence-corrected chi connectivity index (χ2v) is 9.55.